The van der Waals surface area contributed by atoms with Gasteiger partial charge in [0.1, 0.15) is 18.1 Å². The van der Waals surface area contributed by atoms with Crippen LogP contribution in [-0.4, -0.2) is 73.7 Å². The number of aromatic nitrogens is 1. The fourth-order valence-corrected chi connectivity index (χ4v) is 5.65. The van der Waals surface area contributed by atoms with Crippen LogP contribution in [0.4, 0.5) is 0 Å². The second-order valence-electron chi connectivity index (χ2n) is 11.3. The first-order valence-electron chi connectivity index (χ1n) is 15.6. The first-order valence-corrected chi connectivity index (χ1v) is 15.6. The predicted octanol–water partition coefficient (Wildman–Crippen LogP) is 4.38. The Morgan fingerprint density at radius 3 is 2.21 bits per heavy atom. The fourth-order valence-electron chi connectivity index (χ4n) is 5.65. The largest absolute Gasteiger partial charge is 0.493 e. The van der Waals surface area contributed by atoms with E-state index in [9.17, 15) is 14.4 Å². The molecular weight excluding hydrogens is 616 g/mol. The lowest BCUT2D eigenvalue weighted by Crippen LogP contribution is -2.58. The summed E-state index contributed by atoms with van der Waals surface area (Å²) in [5, 5.41) is 5.89. The molecule has 7 aliphatic rings. The molecule has 12 nitrogen and oxygen atoms in total. The Kier molecular flexibility index (Phi) is 9.60. The summed E-state index contributed by atoms with van der Waals surface area (Å²) in [6.07, 6.45) is 3.73. The van der Waals surface area contributed by atoms with E-state index in [-0.39, 0.29) is 50.3 Å². The van der Waals surface area contributed by atoms with Crippen LogP contribution in [0.1, 0.15) is 39.1 Å². The summed E-state index contributed by atoms with van der Waals surface area (Å²) in [5.41, 5.74) is 0.481. The molecule has 1 spiro atoms. The van der Waals surface area contributed by atoms with E-state index in [1.165, 1.54) is 14.2 Å². The number of rotatable bonds is 3. The number of piperidine rings is 1. The summed E-state index contributed by atoms with van der Waals surface area (Å²) in [6, 6.07) is 20.6. The summed E-state index contributed by atoms with van der Waals surface area (Å²) in [4.78, 5) is 45.7. The Bertz CT molecular complexity index is 1770. The first-order chi connectivity index (χ1) is 23.4. The molecule has 11 rings (SSSR count). The van der Waals surface area contributed by atoms with Gasteiger partial charge in [-0.15, -0.1) is 0 Å². The molecule has 7 aliphatic heterocycles. The van der Waals surface area contributed by atoms with Gasteiger partial charge in [0.25, 0.3) is 17.7 Å². The maximum absolute atomic E-state index is 14.0. The molecule has 0 atom stereocenters. The molecule has 0 radical (unpaired) electrons. The number of benzene rings is 3. The minimum absolute atomic E-state index is 0.123. The van der Waals surface area contributed by atoms with E-state index in [4.69, 9.17) is 23.7 Å². The van der Waals surface area contributed by atoms with Crippen LogP contribution in [-0.2, 0) is 11.3 Å². The number of methoxy groups -OCH3 is 2. The quantitative estimate of drug-likeness (QED) is 0.330. The molecule has 1 fully saturated rings. The molecule has 3 aromatic carbocycles. The Morgan fingerprint density at radius 1 is 0.833 bits per heavy atom. The second kappa shape index (κ2) is 14.3. The van der Waals surface area contributed by atoms with Crippen LogP contribution in [0.5, 0.6) is 34.5 Å². The molecular formula is C36H36N4O8. The maximum atomic E-state index is 14.0. The van der Waals surface area contributed by atoms with Crippen LogP contribution in [0.15, 0.2) is 85.2 Å². The number of nitrogens with one attached hydrogen (secondary N) is 2. The predicted molar refractivity (Wildman–Crippen MR) is 175 cm³/mol. The molecule has 4 aromatic rings. The van der Waals surface area contributed by atoms with Crippen LogP contribution in [0.25, 0.3) is 0 Å². The molecule has 48 heavy (non-hydrogen) atoms. The van der Waals surface area contributed by atoms with Gasteiger partial charge < -0.3 is 39.2 Å². The van der Waals surface area contributed by atoms with Crippen LogP contribution >= 0.6 is 0 Å². The average molecular weight is 653 g/mol. The molecule has 0 unspecified atom stereocenters. The molecule has 2 N–H and O–H groups in total. The molecule has 3 amide bonds. The third-order valence-electron chi connectivity index (χ3n) is 8.32. The number of pyridine rings is 1. The van der Waals surface area contributed by atoms with Crippen LogP contribution < -0.4 is 34.3 Å². The lowest BCUT2D eigenvalue weighted by atomic mass is 9.89. The molecule has 0 aliphatic carbocycles. The van der Waals surface area contributed by atoms with Gasteiger partial charge in [-0.1, -0.05) is 6.07 Å². The number of nitrogens with zero attached hydrogens (tertiary/aromatic N) is 2. The molecule has 0 saturated carbocycles. The highest BCUT2D eigenvalue weighted by atomic mass is 16.5. The van der Waals surface area contributed by atoms with Gasteiger partial charge in [0.05, 0.1) is 20.8 Å². The van der Waals surface area contributed by atoms with Gasteiger partial charge in [0.15, 0.2) is 28.6 Å². The number of carbonyl (C=O) groups excluding carboxylic acids is 3. The van der Waals surface area contributed by atoms with Crippen LogP contribution in [0.2, 0.25) is 0 Å². The van der Waals surface area contributed by atoms with E-state index in [0.717, 1.165) is 5.56 Å². The van der Waals surface area contributed by atoms with Crippen molar-refractivity contribution in [2.75, 3.05) is 40.5 Å². The number of ether oxygens (including phenoxy) is 5. The monoisotopic (exact) mass is 652 g/mol. The Balaban J connectivity index is 1.27. The first kappa shape index (κ1) is 32.2. The van der Waals surface area contributed by atoms with Crippen LogP contribution in [0.3, 0.4) is 0 Å². The van der Waals surface area contributed by atoms with E-state index < -0.39 is 5.60 Å². The van der Waals surface area contributed by atoms with Crippen LogP contribution in [0, 0.1) is 0 Å². The molecule has 8 heterocycles. The standard InChI is InChI=1S/C36H36N4O8/c1-44-31-21-24-3-9-29(31)47-30-10-4-26(22-32(30)45-2)33(41)38-17-20-46-27-5-7-28(8-6-27)48-36(35(43)39-23-24)13-18-40(19-14-36)34(42)25-11-15-37-16-12-25/h3-12,15-16,21-22H,13-14,17-20,23H2,1-2H3,(H,38,41)(H,39,43). The van der Waals surface area contributed by atoms with Gasteiger partial charge in [-0.05, 0) is 72.3 Å². The smallest absolute Gasteiger partial charge is 0.264 e. The van der Waals surface area contributed by atoms with E-state index in [0.29, 0.717) is 58.7 Å². The normalized spacial score (nSPS) is 16.2. The van der Waals surface area contributed by atoms with E-state index in [2.05, 4.69) is 15.6 Å². The van der Waals surface area contributed by atoms with Gasteiger partial charge in [-0.3, -0.25) is 19.4 Å². The van der Waals surface area contributed by atoms with Crippen molar-refractivity contribution < 1.29 is 38.1 Å². The Hall–Kier alpha value is -5.78. The molecule has 12 heteroatoms. The van der Waals surface area contributed by atoms with Crippen molar-refractivity contribution in [2.24, 2.45) is 0 Å². The summed E-state index contributed by atoms with van der Waals surface area (Å²) in [7, 11) is 3.03. The van der Waals surface area contributed by atoms with Crippen molar-refractivity contribution in [3.05, 3.63) is 102 Å². The Labute approximate surface area is 277 Å². The van der Waals surface area contributed by atoms with E-state index in [1.54, 1.807) is 84.0 Å². The number of carbonyl (C=O) groups is 3. The summed E-state index contributed by atoms with van der Waals surface area (Å²) in [5.74, 6) is 1.99. The number of hydrogen-bond acceptors (Lipinski definition) is 9. The summed E-state index contributed by atoms with van der Waals surface area (Å²) in [6.45, 7) is 1.34. The van der Waals surface area contributed by atoms with E-state index in [1.807, 2.05) is 6.07 Å². The third-order valence-corrected chi connectivity index (χ3v) is 8.32. The second-order valence-corrected chi connectivity index (χ2v) is 11.3. The van der Waals surface area contributed by atoms with Gasteiger partial charge >= 0.3 is 0 Å². The van der Waals surface area contributed by atoms with Crippen molar-refractivity contribution in [1.29, 1.82) is 0 Å². The maximum Gasteiger partial charge on any atom is 0.264 e. The topological polar surface area (TPSA) is 138 Å². The summed E-state index contributed by atoms with van der Waals surface area (Å²) < 4.78 is 29.5. The molecule has 6 bridgehead atoms. The van der Waals surface area contributed by atoms with Crippen molar-refractivity contribution >= 4 is 17.7 Å². The highest BCUT2D eigenvalue weighted by molar-refractivity contribution is 5.95. The summed E-state index contributed by atoms with van der Waals surface area (Å²) >= 11 is 0. The van der Waals surface area contributed by atoms with Crippen molar-refractivity contribution in [1.82, 2.24) is 20.5 Å². The highest BCUT2D eigenvalue weighted by Crippen LogP contribution is 2.38. The number of likely N-dealkylation sites (tertiary alicyclic amines) is 1. The van der Waals surface area contributed by atoms with Crippen molar-refractivity contribution in [3.63, 3.8) is 0 Å². The van der Waals surface area contributed by atoms with Gasteiger partial charge in [-0.25, -0.2) is 0 Å². The zero-order valence-electron chi connectivity index (χ0n) is 26.7. The minimum atomic E-state index is -1.23. The lowest BCUT2D eigenvalue weighted by Gasteiger charge is -2.40. The average Bonchev–Trinajstić information content (AvgIpc) is 3.13. The van der Waals surface area contributed by atoms with Gasteiger partial charge in [0.2, 0.25) is 0 Å². The SMILES string of the molecule is COc1cc2ccc1Oc1ccc(cc1OC)C(=O)NCCOc1ccc(cc1)OC1(CCN(C(=O)c3ccncc3)CC1)C(=O)NC2. The van der Waals surface area contributed by atoms with Gasteiger partial charge in [-0.2, -0.15) is 0 Å². The Morgan fingerprint density at radius 2 is 1.50 bits per heavy atom. The highest BCUT2D eigenvalue weighted by Gasteiger charge is 2.44. The molecule has 1 saturated heterocycles. The van der Waals surface area contributed by atoms with E-state index >= 15 is 0 Å². The van der Waals surface area contributed by atoms with Crippen molar-refractivity contribution in [3.8, 4) is 34.5 Å². The van der Waals surface area contributed by atoms with Crippen molar-refractivity contribution in [2.45, 2.75) is 25.0 Å². The zero-order valence-corrected chi connectivity index (χ0v) is 26.7. The minimum Gasteiger partial charge on any atom is -0.493 e. The van der Waals surface area contributed by atoms with Gasteiger partial charge in [0, 0.05) is 56.0 Å². The zero-order chi connectivity index (χ0) is 33.5. The fraction of sp³-hybridized carbons (Fsp3) is 0.278. The molecule has 248 valence electrons. The third kappa shape index (κ3) is 7.12. The molecule has 1 aromatic heterocycles. The number of hydrogen-bond donors (Lipinski definition) is 2. The number of amides is 3. The lowest BCUT2D eigenvalue weighted by molar-refractivity contribution is -0.141.